The number of ether oxygens (including phenoxy) is 2. The smallest absolute Gasteiger partial charge is 0.324 e. The average molecular weight is 236 g/mol. The van der Waals surface area contributed by atoms with E-state index in [1.807, 2.05) is 0 Å². The van der Waals surface area contributed by atoms with Crippen LogP contribution >= 0.6 is 0 Å². The summed E-state index contributed by atoms with van der Waals surface area (Å²) in [6.07, 6.45) is 1.57. The van der Waals surface area contributed by atoms with Gasteiger partial charge in [0.05, 0.1) is 19.5 Å². The molecule has 1 fully saturated rings. The van der Waals surface area contributed by atoms with Gasteiger partial charge in [-0.2, -0.15) is 0 Å². The van der Waals surface area contributed by atoms with Gasteiger partial charge >= 0.3 is 5.97 Å². The van der Waals surface area contributed by atoms with Crippen molar-refractivity contribution in [1.82, 2.24) is 0 Å². The van der Waals surface area contributed by atoms with E-state index >= 15 is 0 Å². The van der Waals surface area contributed by atoms with Crippen molar-refractivity contribution in [3.05, 3.63) is 0 Å². The molecule has 0 spiro atoms. The van der Waals surface area contributed by atoms with E-state index in [0.717, 1.165) is 12.8 Å². The van der Waals surface area contributed by atoms with Crippen LogP contribution in [0.15, 0.2) is 0 Å². The van der Waals surface area contributed by atoms with Crippen molar-refractivity contribution < 1.29 is 22.7 Å². The first-order valence-electron chi connectivity index (χ1n) is 4.81. The Labute approximate surface area is 89.7 Å². The minimum Gasteiger partial charge on any atom is -0.468 e. The van der Waals surface area contributed by atoms with E-state index in [4.69, 9.17) is 4.74 Å². The quantitative estimate of drug-likeness (QED) is 0.607. The molecular weight excluding hydrogens is 220 g/mol. The largest absolute Gasteiger partial charge is 0.468 e. The third-order valence-corrected chi connectivity index (χ3v) is 4.53. The summed E-state index contributed by atoms with van der Waals surface area (Å²) in [6.45, 7) is 0.114. The van der Waals surface area contributed by atoms with E-state index < -0.39 is 21.1 Å². The summed E-state index contributed by atoms with van der Waals surface area (Å²) >= 11 is 0. The molecule has 6 heteroatoms. The van der Waals surface area contributed by atoms with Gasteiger partial charge < -0.3 is 9.47 Å². The zero-order chi connectivity index (χ0) is 11.5. The van der Waals surface area contributed by atoms with Crippen molar-refractivity contribution in [2.24, 2.45) is 5.92 Å². The number of rotatable bonds is 6. The number of carbonyl (C=O) groups excluding carboxylic acids is 1. The lowest BCUT2D eigenvalue weighted by atomic mass is 10.3. The Kier molecular flexibility index (Phi) is 4.10. The second-order valence-electron chi connectivity index (χ2n) is 3.64. The summed E-state index contributed by atoms with van der Waals surface area (Å²) in [5.41, 5.74) is 0. The summed E-state index contributed by atoms with van der Waals surface area (Å²) in [4.78, 5) is 11.4. The van der Waals surface area contributed by atoms with Gasteiger partial charge in [-0.1, -0.05) is 0 Å². The van der Waals surface area contributed by atoms with Crippen LogP contribution in [0.4, 0.5) is 0 Å². The third kappa shape index (κ3) is 3.17. The molecule has 0 aromatic rings. The van der Waals surface area contributed by atoms with E-state index in [0.29, 0.717) is 0 Å². The first kappa shape index (κ1) is 12.4. The van der Waals surface area contributed by atoms with Crippen molar-refractivity contribution >= 4 is 15.8 Å². The molecule has 5 nitrogen and oxygen atoms in total. The van der Waals surface area contributed by atoms with Gasteiger partial charge in [0, 0.05) is 7.11 Å². The zero-order valence-electron chi connectivity index (χ0n) is 8.93. The van der Waals surface area contributed by atoms with Crippen LogP contribution in [0.25, 0.3) is 0 Å². The minimum atomic E-state index is -3.43. The maximum absolute atomic E-state index is 11.8. The third-order valence-electron chi connectivity index (χ3n) is 2.44. The topological polar surface area (TPSA) is 69.7 Å². The van der Waals surface area contributed by atoms with Crippen LogP contribution in [-0.4, -0.2) is 46.2 Å². The molecule has 0 aliphatic heterocycles. The fraction of sp³-hybridized carbons (Fsp3) is 0.889. The van der Waals surface area contributed by atoms with Crippen molar-refractivity contribution in [1.29, 1.82) is 0 Å². The van der Waals surface area contributed by atoms with E-state index in [-0.39, 0.29) is 18.3 Å². The summed E-state index contributed by atoms with van der Waals surface area (Å²) < 4.78 is 32.8. The number of sulfone groups is 1. The van der Waals surface area contributed by atoms with Crippen molar-refractivity contribution in [2.45, 2.75) is 18.1 Å². The molecule has 0 N–H and O–H groups in total. The van der Waals surface area contributed by atoms with Crippen LogP contribution in [0.3, 0.4) is 0 Å². The van der Waals surface area contributed by atoms with Gasteiger partial charge in [-0.25, -0.2) is 8.42 Å². The second kappa shape index (κ2) is 4.94. The monoisotopic (exact) mass is 236 g/mol. The Balaban J connectivity index is 2.74. The highest BCUT2D eigenvalue weighted by Crippen LogP contribution is 2.37. The van der Waals surface area contributed by atoms with Crippen LogP contribution in [0, 0.1) is 5.92 Å². The molecule has 1 atom stereocenters. The molecule has 1 saturated carbocycles. The molecule has 0 heterocycles. The molecule has 0 radical (unpaired) electrons. The molecular formula is C9H16O5S. The molecule has 1 aliphatic rings. The summed E-state index contributed by atoms with van der Waals surface area (Å²) in [6, 6.07) is 0. The van der Waals surface area contributed by atoms with Crippen LogP contribution in [-0.2, 0) is 24.1 Å². The molecule has 0 saturated heterocycles. The van der Waals surface area contributed by atoms with Crippen LogP contribution in [0.1, 0.15) is 12.8 Å². The fourth-order valence-electron chi connectivity index (χ4n) is 1.47. The molecule has 15 heavy (non-hydrogen) atoms. The lowest BCUT2D eigenvalue weighted by molar-refractivity contribution is -0.140. The van der Waals surface area contributed by atoms with E-state index in [2.05, 4.69) is 4.74 Å². The zero-order valence-corrected chi connectivity index (χ0v) is 9.75. The minimum absolute atomic E-state index is 0.0562. The Morgan fingerprint density at radius 1 is 1.40 bits per heavy atom. The standard InChI is InChI=1S/C9H16O5S/c1-13-5-6-15(11,12)8(7-3-4-7)9(10)14-2/h7-8H,3-6H2,1-2H3. The maximum atomic E-state index is 11.8. The SMILES string of the molecule is COCCS(=O)(=O)C(C(=O)OC)C1CC1. The maximum Gasteiger partial charge on any atom is 0.324 e. The molecule has 1 unspecified atom stereocenters. The van der Waals surface area contributed by atoms with Crippen LogP contribution < -0.4 is 0 Å². The van der Waals surface area contributed by atoms with E-state index in [1.165, 1.54) is 14.2 Å². The summed E-state index contributed by atoms with van der Waals surface area (Å²) in [5, 5.41) is -0.988. The van der Waals surface area contributed by atoms with Crippen molar-refractivity contribution in [3.8, 4) is 0 Å². The highest BCUT2D eigenvalue weighted by molar-refractivity contribution is 7.92. The van der Waals surface area contributed by atoms with Gasteiger partial charge in [0.2, 0.25) is 0 Å². The lowest BCUT2D eigenvalue weighted by Crippen LogP contribution is -2.36. The first-order chi connectivity index (χ1) is 7.03. The van der Waals surface area contributed by atoms with Gasteiger partial charge in [-0.05, 0) is 18.8 Å². The van der Waals surface area contributed by atoms with Gasteiger partial charge in [0.1, 0.15) is 0 Å². The summed E-state index contributed by atoms with van der Waals surface area (Å²) in [5.74, 6) is -0.826. The average Bonchev–Trinajstić information content (AvgIpc) is 2.98. The highest BCUT2D eigenvalue weighted by atomic mass is 32.2. The van der Waals surface area contributed by atoms with Gasteiger partial charge in [0.25, 0.3) is 0 Å². The summed E-state index contributed by atoms with van der Waals surface area (Å²) in [7, 11) is -0.790. The van der Waals surface area contributed by atoms with Crippen molar-refractivity contribution in [3.63, 3.8) is 0 Å². The number of esters is 1. The van der Waals surface area contributed by atoms with E-state index in [9.17, 15) is 13.2 Å². The second-order valence-corrected chi connectivity index (χ2v) is 5.88. The Morgan fingerprint density at radius 2 is 2.00 bits per heavy atom. The van der Waals surface area contributed by atoms with Crippen LogP contribution in [0.5, 0.6) is 0 Å². The van der Waals surface area contributed by atoms with Crippen molar-refractivity contribution in [2.75, 3.05) is 26.6 Å². The number of hydrogen-bond donors (Lipinski definition) is 0. The first-order valence-corrected chi connectivity index (χ1v) is 6.53. The molecule has 1 aliphatic carbocycles. The fourth-order valence-corrected chi connectivity index (χ4v) is 3.37. The van der Waals surface area contributed by atoms with Gasteiger partial charge in [-0.3, -0.25) is 4.79 Å². The molecule has 0 aromatic heterocycles. The van der Waals surface area contributed by atoms with Gasteiger partial charge in [-0.15, -0.1) is 0 Å². The molecule has 0 amide bonds. The molecule has 0 aromatic carbocycles. The predicted molar refractivity (Wildman–Crippen MR) is 54.2 cm³/mol. The number of hydrogen-bond acceptors (Lipinski definition) is 5. The molecule has 1 rings (SSSR count). The Morgan fingerprint density at radius 3 is 2.40 bits per heavy atom. The normalized spacial score (nSPS) is 18.5. The number of methoxy groups -OCH3 is 2. The molecule has 88 valence electrons. The lowest BCUT2D eigenvalue weighted by Gasteiger charge is -2.14. The Bertz CT molecular complexity index is 317. The molecule has 0 bridgehead atoms. The van der Waals surface area contributed by atoms with Crippen LogP contribution in [0.2, 0.25) is 0 Å². The predicted octanol–water partition coefficient (Wildman–Crippen LogP) is -0.000800. The van der Waals surface area contributed by atoms with E-state index in [1.54, 1.807) is 0 Å². The number of carbonyl (C=O) groups is 1. The highest BCUT2D eigenvalue weighted by Gasteiger charge is 2.45. The van der Waals surface area contributed by atoms with Gasteiger partial charge in [0.15, 0.2) is 15.1 Å². The Hall–Kier alpha value is -0.620.